The van der Waals surface area contributed by atoms with Crippen molar-refractivity contribution in [2.45, 2.75) is 19.6 Å². The van der Waals surface area contributed by atoms with Crippen LogP contribution < -0.4 is 4.74 Å². The van der Waals surface area contributed by atoms with E-state index in [0.29, 0.717) is 25.5 Å². The number of rotatable bonds is 3. The number of carbonyl (C=O) groups is 1. The van der Waals surface area contributed by atoms with Crippen molar-refractivity contribution < 1.29 is 14.3 Å². The molecule has 6 heteroatoms. The Morgan fingerprint density at radius 3 is 2.71 bits per heavy atom. The minimum absolute atomic E-state index is 0. The molecule has 118 valence electrons. The summed E-state index contributed by atoms with van der Waals surface area (Å²) in [6.45, 7) is 3.78. The zero-order valence-corrected chi connectivity index (χ0v) is 13.8. The van der Waals surface area contributed by atoms with E-state index in [0.717, 1.165) is 5.56 Å². The molecule has 1 atom stereocenters. The first-order chi connectivity index (χ1) is 9.52. The number of carbonyl (C=O) groups excluding carboxylic acids is 1. The van der Waals surface area contributed by atoms with Gasteiger partial charge in [-0.1, -0.05) is 6.07 Å². The second-order valence-electron chi connectivity index (χ2n) is 5.24. The summed E-state index contributed by atoms with van der Waals surface area (Å²) in [5, 5.41) is 0. The molecule has 1 unspecified atom stereocenters. The van der Waals surface area contributed by atoms with Crippen LogP contribution in [0.3, 0.4) is 0 Å². The molecule has 0 radical (unpaired) electrons. The second kappa shape index (κ2) is 7.64. The van der Waals surface area contributed by atoms with Crippen molar-refractivity contribution in [1.29, 1.82) is 0 Å². The van der Waals surface area contributed by atoms with Crippen molar-refractivity contribution in [2.24, 2.45) is 0 Å². The molecule has 2 rings (SSSR count). The number of hydrogen-bond donors (Lipinski definition) is 0. The zero-order valence-electron chi connectivity index (χ0n) is 13.0. The molecule has 0 aromatic heterocycles. The number of hydrogen-bond acceptors (Lipinski definition) is 4. The van der Waals surface area contributed by atoms with Crippen LogP contribution in [0.4, 0.5) is 4.79 Å². The van der Waals surface area contributed by atoms with Gasteiger partial charge in [0.2, 0.25) is 0 Å². The van der Waals surface area contributed by atoms with Gasteiger partial charge in [-0.15, -0.1) is 12.4 Å². The molecule has 5 nitrogen and oxygen atoms in total. The van der Waals surface area contributed by atoms with Gasteiger partial charge in [0.15, 0.2) is 0 Å². The fourth-order valence-corrected chi connectivity index (χ4v) is 2.20. The number of likely N-dealkylation sites (N-methyl/N-ethyl adjacent to an activating group) is 1. The molecule has 0 spiro atoms. The van der Waals surface area contributed by atoms with Crippen LogP contribution in [0.25, 0.3) is 0 Å². The van der Waals surface area contributed by atoms with E-state index in [-0.39, 0.29) is 24.5 Å². The molecule has 0 N–H and O–H groups in total. The van der Waals surface area contributed by atoms with Crippen molar-refractivity contribution in [3.05, 3.63) is 29.3 Å². The number of amides is 1. The third-order valence-electron chi connectivity index (χ3n) is 3.62. The minimum Gasteiger partial charge on any atom is -0.410 e. The van der Waals surface area contributed by atoms with E-state index < -0.39 is 0 Å². The van der Waals surface area contributed by atoms with Gasteiger partial charge in [-0.3, -0.25) is 0 Å². The Morgan fingerprint density at radius 1 is 1.38 bits per heavy atom. The first-order valence-corrected chi connectivity index (χ1v) is 6.83. The molecule has 0 bridgehead atoms. The van der Waals surface area contributed by atoms with E-state index in [4.69, 9.17) is 9.47 Å². The Bertz CT molecular complexity index is 494. The molecule has 0 saturated carbocycles. The zero-order chi connectivity index (χ0) is 14.7. The number of fused-ring (bicyclic) bond motifs is 1. The molecule has 1 aromatic rings. The largest absolute Gasteiger partial charge is 0.414 e. The Labute approximate surface area is 132 Å². The summed E-state index contributed by atoms with van der Waals surface area (Å²) in [5.74, 6) is 0.567. The summed E-state index contributed by atoms with van der Waals surface area (Å²) in [7, 11) is 5.78. The highest BCUT2D eigenvalue weighted by molar-refractivity contribution is 5.85. The van der Waals surface area contributed by atoms with Gasteiger partial charge in [0.05, 0.1) is 19.3 Å². The van der Waals surface area contributed by atoms with E-state index in [2.05, 4.69) is 4.90 Å². The molecule has 1 aromatic carbocycles. The summed E-state index contributed by atoms with van der Waals surface area (Å²) in [6, 6.07) is 6.02. The first-order valence-electron chi connectivity index (χ1n) is 6.83. The van der Waals surface area contributed by atoms with Crippen molar-refractivity contribution in [2.75, 3.05) is 34.3 Å². The fraction of sp³-hybridized carbons (Fsp3) is 0.533. The van der Waals surface area contributed by atoms with Crippen molar-refractivity contribution in [1.82, 2.24) is 9.80 Å². The number of halogens is 1. The van der Waals surface area contributed by atoms with Gasteiger partial charge in [-0.05, 0) is 44.3 Å². The predicted molar refractivity (Wildman–Crippen MR) is 84.1 cm³/mol. The highest BCUT2D eigenvalue weighted by atomic mass is 35.5. The summed E-state index contributed by atoms with van der Waals surface area (Å²) < 4.78 is 11.0. The van der Waals surface area contributed by atoms with Gasteiger partial charge >= 0.3 is 6.09 Å². The Kier molecular flexibility index (Phi) is 6.45. The highest BCUT2D eigenvalue weighted by Gasteiger charge is 2.23. The van der Waals surface area contributed by atoms with Crippen LogP contribution >= 0.6 is 12.4 Å². The number of ether oxygens (including phenoxy) is 2. The fourth-order valence-electron chi connectivity index (χ4n) is 2.20. The SMILES string of the molecule is CCN(C)C(=O)Oc1ccc2c(c1)COCC2N(C)C.Cl. The molecule has 0 aliphatic carbocycles. The lowest BCUT2D eigenvalue weighted by molar-refractivity contribution is 0.0504. The molecule has 21 heavy (non-hydrogen) atoms. The third-order valence-corrected chi connectivity index (χ3v) is 3.62. The van der Waals surface area contributed by atoms with Gasteiger partial charge in [0, 0.05) is 13.6 Å². The lowest BCUT2D eigenvalue weighted by Crippen LogP contribution is -2.30. The van der Waals surface area contributed by atoms with Gasteiger partial charge in [0.1, 0.15) is 5.75 Å². The van der Waals surface area contributed by atoms with Crippen LogP contribution in [0.2, 0.25) is 0 Å². The topological polar surface area (TPSA) is 42.0 Å². The molecule has 1 aliphatic rings. The van der Waals surface area contributed by atoms with Crippen LogP contribution in [0.1, 0.15) is 24.1 Å². The summed E-state index contributed by atoms with van der Waals surface area (Å²) >= 11 is 0. The third kappa shape index (κ3) is 4.09. The van der Waals surface area contributed by atoms with Crippen LogP contribution in [0, 0.1) is 0 Å². The molecule has 0 fully saturated rings. The lowest BCUT2D eigenvalue weighted by atomic mass is 9.98. The molecule has 1 aliphatic heterocycles. The van der Waals surface area contributed by atoms with Crippen LogP contribution in [-0.4, -0.2) is 50.2 Å². The molecule has 1 amide bonds. The first kappa shape index (κ1) is 17.8. The maximum absolute atomic E-state index is 11.7. The molecule has 0 saturated heterocycles. The van der Waals surface area contributed by atoms with Crippen molar-refractivity contribution in [3.63, 3.8) is 0 Å². The Hall–Kier alpha value is -1.30. The summed E-state index contributed by atoms with van der Waals surface area (Å²) in [5.41, 5.74) is 2.32. The predicted octanol–water partition coefficient (Wildman–Crippen LogP) is 2.69. The normalized spacial score (nSPS) is 16.9. The van der Waals surface area contributed by atoms with Gasteiger partial charge in [-0.25, -0.2) is 4.79 Å². The lowest BCUT2D eigenvalue weighted by Gasteiger charge is -2.31. The van der Waals surface area contributed by atoms with E-state index in [1.54, 1.807) is 7.05 Å². The van der Waals surface area contributed by atoms with Crippen molar-refractivity contribution >= 4 is 18.5 Å². The van der Waals surface area contributed by atoms with E-state index in [1.807, 2.05) is 39.2 Å². The van der Waals surface area contributed by atoms with E-state index in [1.165, 1.54) is 10.5 Å². The number of benzene rings is 1. The van der Waals surface area contributed by atoms with Gasteiger partial charge in [0.25, 0.3) is 0 Å². The molecular formula is C15H23ClN2O3. The number of nitrogens with zero attached hydrogens (tertiary/aromatic N) is 2. The summed E-state index contributed by atoms with van der Waals surface area (Å²) in [6.07, 6.45) is -0.340. The molecular weight excluding hydrogens is 292 g/mol. The van der Waals surface area contributed by atoms with Gasteiger partial charge in [-0.2, -0.15) is 0 Å². The Morgan fingerprint density at radius 2 is 2.10 bits per heavy atom. The van der Waals surface area contributed by atoms with Crippen LogP contribution in [0.15, 0.2) is 18.2 Å². The van der Waals surface area contributed by atoms with Crippen LogP contribution in [0.5, 0.6) is 5.75 Å². The standard InChI is InChI=1S/C15H22N2O3.ClH/c1-5-17(4)15(18)20-12-6-7-13-11(8-12)9-19-10-14(13)16(2)3;/h6-8,14H,5,9-10H2,1-4H3;1H. The highest BCUT2D eigenvalue weighted by Crippen LogP contribution is 2.30. The van der Waals surface area contributed by atoms with Gasteiger partial charge < -0.3 is 19.3 Å². The minimum atomic E-state index is -0.340. The monoisotopic (exact) mass is 314 g/mol. The average molecular weight is 315 g/mol. The average Bonchev–Trinajstić information content (AvgIpc) is 2.45. The van der Waals surface area contributed by atoms with E-state index in [9.17, 15) is 4.79 Å². The maximum atomic E-state index is 11.7. The molecule has 1 heterocycles. The van der Waals surface area contributed by atoms with Crippen LogP contribution in [-0.2, 0) is 11.3 Å². The maximum Gasteiger partial charge on any atom is 0.414 e. The van der Waals surface area contributed by atoms with E-state index >= 15 is 0 Å². The second-order valence-corrected chi connectivity index (χ2v) is 5.24. The summed E-state index contributed by atoms with van der Waals surface area (Å²) in [4.78, 5) is 15.4. The van der Waals surface area contributed by atoms with Crippen molar-refractivity contribution in [3.8, 4) is 5.75 Å². The smallest absolute Gasteiger partial charge is 0.410 e. The quantitative estimate of drug-likeness (QED) is 0.860. The Balaban J connectivity index is 0.00000220.